The summed E-state index contributed by atoms with van der Waals surface area (Å²) in [4.78, 5) is 18.5. The third-order valence-corrected chi connectivity index (χ3v) is 8.41. The number of aromatic nitrogens is 1. The van der Waals surface area contributed by atoms with Gasteiger partial charge in [0.15, 0.2) is 0 Å². The molecule has 0 atom stereocenters. The standard InChI is InChI=1S/C22H31N3O3S/c1-16-9-13-24(14-10-16)22(26)21-17(2)19-15-18(7-8-20(19)23-21)29(27,28)25-11-5-3-4-6-12-25/h7-8,15-16,23H,3-6,9-14H2,1-2H3. The number of fused-ring (bicyclic) bond motifs is 1. The average molecular weight is 418 g/mol. The van der Waals surface area contributed by atoms with Crippen LogP contribution < -0.4 is 0 Å². The van der Waals surface area contributed by atoms with Crippen molar-refractivity contribution in [1.29, 1.82) is 0 Å². The fraction of sp³-hybridized carbons (Fsp3) is 0.591. The topological polar surface area (TPSA) is 73.5 Å². The van der Waals surface area contributed by atoms with E-state index in [0.717, 1.165) is 68.1 Å². The summed E-state index contributed by atoms with van der Waals surface area (Å²) in [6.45, 7) is 6.86. The zero-order chi connectivity index (χ0) is 20.6. The summed E-state index contributed by atoms with van der Waals surface area (Å²) in [5, 5.41) is 0.814. The largest absolute Gasteiger partial charge is 0.350 e. The lowest BCUT2D eigenvalue weighted by Crippen LogP contribution is -2.38. The highest BCUT2D eigenvalue weighted by Gasteiger charge is 2.28. The molecular formula is C22H31N3O3S. The van der Waals surface area contributed by atoms with E-state index in [2.05, 4.69) is 11.9 Å². The number of benzene rings is 1. The number of amides is 1. The van der Waals surface area contributed by atoms with Crippen molar-refractivity contribution in [2.45, 2.75) is 57.3 Å². The van der Waals surface area contributed by atoms with Crippen LogP contribution in [0.5, 0.6) is 0 Å². The average Bonchev–Trinajstić information content (AvgIpc) is 2.89. The van der Waals surface area contributed by atoms with Crippen molar-refractivity contribution in [2.75, 3.05) is 26.2 Å². The molecule has 2 aliphatic heterocycles. The Morgan fingerprint density at radius 3 is 2.34 bits per heavy atom. The van der Waals surface area contributed by atoms with E-state index in [4.69, 9.17) is 0 Å². The van der Waals surface area contributed by atoms with Gasteiger partial charge in [0.1, 0.15) is 5.69 Å². The van der Waals surface area contributed by atoms with E-state index in [-0.39, 0.29) is 5.91 Å². The zero-order valence-corrected chi connectivity index (χ0v) is 18.2. The van der Waals surface area contributed by atoms with Crippen molar-refractivity contribution in [2.24, 2.45) is 5.92 Å². The summed E-state index contributed by atoms with van der Waals surface area (Å²) in [6.07, 6.45) is 6.06. The maximum atomic E-state index is 13.2. The summed E-state index contributed by atoms with van der Waals surface area (Å²) < 4.78 is 27.9. The highest BCUT2D eigenvalue weighted by molar-refractivity contribution is 7.89. The van der Waals surface area contributed by atoms with Crippen molar-refractivity contribution >= 4 is 26.8 Å². The maximum Gasteiger partial charge on any atom is 0.270 e. The summed E-state index contributed by atoms with van der Waals surface area (Å²) in [7, 11) is -3.51. The molecule has 4 rings (SSSR count). The van der Waals surface area contributed by atoms with Gasteiger partial charge in [0, 0.05) is 37.1 Å². The molecule has 1 amide bonds. The molecule has 0 bridgehead atoms. The van der Waals surface area contributed by atoms with E-state index in [0.29, 0.717) is 29.6 Å². The van der Waals surface area contributed by atoms with E-state index < -0.39 is 10.0 Å². The molecule has 2 aliphatic rings. The molecule has 0 spiro atoms. The van der Waals surface area contributed by atoms with Crippen LogP contribution in [0.2, 0.25) is 0 Å². The maximum absolute atomic E-state index is 13.2. The first-order valence-corrected chi connectivity index (χ1v) is 12.2. The zero-order valence-electron chi connectivity index (χ0n) is 17.4. The Balaban J connectivity index is 1.64. The van der Waals surface area contributed by atoms with Gasteiger partial charge in [-0.25, -0.2) is 8.42 Å². The number of H-pyrrole nitrogens is 1. The predicted molar refractivity (Wildman–Crippen MR) is 115 cm³/mol. The minimum atomic E-state index is -3.51. The van der Waals surface area contributed by atoms with Gasteiger partial charge in [-0.05, 0) is 62.3 Å². The minimum absolute atomic E-state index is 0.0162. The molecule has 0 radical (unpaired) electrons. The highest BCUT2D eigenvalue weighted by Crippen LogP contribution is 2.29. The fourth-order valence-corrected chi connectivity index (χ4v) is 6.02. The number of nitrogens with zero attached hydrogens (tertiary/aromatic N) is 2. The third-order valence-electron chi connectivity index (χ3n) is 6.52. The molecule has 2 aromatic rings. The molecule has 7 heteroatoms. The van der Waals surface area contributed by atoms with Crippen LogP contribution in [0.25, 0.3) is 10.9 Å². The third kappa shape index (κ3) is 3.94. The molecule has 1 aromatic carbocycles. The molecule has 3 heterocycles. The van der Waals surface area contributed by atoms with Crippen LogP contribution in [0.3, 0.4) is 0 Å². The van der Waals surface area contributed by atoms with Crippen LogP contribution in [0.15, 0.2) is 23.1 Å². The van der Waals surface area contributed by atoms with Crippen LogP contribution in [-0.2, 0) is 10.0 Å². The Morgan fingerprint density at radius 2 is 1.69 bits per heavy atom. The summed E-state index contributed by atoms with van der Waals surface area (Å²) in [5.74, 6) is 0.678. The normalized spacial score (nSPS) is 20.1. The number of hydrogen-bond donors (Lipinski definition) is 1. The van der Waals surface area contributed by atoms with Crippen molar-refractivity contribution in [3.8, 4) is 0 Å². The molecule has 29 heavy (non-hydrogen) atoms. The summed E-state index contributed by atoms with van der Waals surface area (Å²) >= 11 is 0. The highest BCUT2D eigenvalue weighted by atomic mass is 32.2. The van der Waals surface area contributed by atoms with Gasteiger partial charge in [0.25, 0.3) is 5.91 Å². The smallest absolute Gasteiger partial charge is 0.270 e. The Kier molecular flexibility index (Phi) is 5.71. The van der Waals surface area contributed by atoms with Crippen molar-refractivity contribution < 1.29 is 13.2 Å². The number of nitrogens with one attached hydrogen (secondary N) is 1. The minimum Gasteiger partial charge on any atom is -0.350 e. The molecular weight excluding hydrogens is 386 g/mol. The molecule has 158 valence electrons. The number of aryl methyl sites for hydroxylation is 1. The lowest BCUT2D eigenvalue weighted by atomic mass is 9.99. The van der Waals surface area contributed by atoms with Gasteiger partial charge in [-0.2, -0.15) is 4.31 Å². The molecule has 2 saturated heterocycles. The van der Waals surface area contributed by atoms with Crippen molar-refractivity contribution in [3.05, 3.63) is 29.5 Å². The molecule has 0 unspecified atom stereocenters. The van der Waals surface area contributed by atoms with Crippen LogP contribution in [0.4, 0.5) is 0 Å². The molecule has 0 aliphatic carbocycles. The lowest BCUT2D eigenvalue weighted by Gasteiger charge is -2.30. The lowest BCUT2D eigenvalue weighted by molar-refractivity contribution is 0.0691. The summed E-state index contributed by atoms with van der Waals surface area (Å²) in [5.41, 5.74) is 2.22. The second kappa shape index (κ2) is 8.11. The van der Waals surface area contributed by atoms with Crippen LogP contribution in [0, 0.1) is 12.8 Å². The molecule has 2 fully saturated rings. The summed E-state index contributed by atoms with van der Waals surface area (Å²) in [6, 6.07) is 5.19. The fourth-order valence-electron chi connectivity index (χ4n) is 4.48. The Hall–Kier alpha value is -1.86. The number of aromatic amines is 1. The quantitative estimate of drug-likeness (QED) is 0.823. The van der Waals surface area contributed by atoms with Gasteiger partial charge in [-0.1, -0.05) is 19.8 Å². The number of carbonyl (C=O) groups excluding carboxylic acids is 1. The van der Waals surface area contributed by atoms with E-state index in [1.807, 2.05) is 11.8 Å². The van der Waals surface area contributed by atoms with Crippen LogP contribution in [0.1, 0.15) is 61.5 Å². The number of sulfonamides is 1. The number of hydrogen-bond acceptors (Lipinski definition) is 3. The SMILES string of the molecule is Cc1c(C(=O)N2CCC(C)CC2)[nH]c2ccc(S(=O)(=O)N3CCCCCC3)cc12. The van der Waals surface area contributed by atoms with Gasteiger partial charge in [-0.15, -0.1) is 0 Å². The van der Waals surface area contributed by atoms with Crippen molar-refractivity contribution in [1.82, 2.24) is 14.2 Å². The number of carbonyl (C=O) groups is 1. The monoisotopic (exact) mass is 417 g/mol. The van der Waals surface area contributed by atoms with Crippen LogP contribution >= 0.6 is 0 Å². The number of rotatable bonds is 3. The Morgan fingerprint density at radius 1 is 1.03 bits per heavy atom. The van der Waals surface area contributed by atoms with Crippen molar-refractivity contribution in [3.63, 3.8) is 0 Å². The van der Waals surface area contributed by atoms with E-state index in [9.17, 15) is 13.2 Å². The van der Waals surface area contributed by atoms with E-state index in [1.54, 1.807) is 22.5 Å². The first kappa shape index (κ1) is 20.4. The number of piperidine rings is 1. The predicted octanol–water partition coefficient (Wildman–Crippen LogP) is 3.91. The molecule has 0 saturated carbocycles. The Labute approximate surface area is 173 Å². The number of likely N-dealkylation sites (tertiary alicyclic amines) is 1. The second-order valence-electron chi connectivity index (χ2n) is 8.63. The van der Waals surface area contributed by atoms with Gasteiger partial charge in [0.2, 0.25) is 10.0 Å². The van der Waals surface area contributed by atoms with E-state index >= 15 is 0 Å². The molecule has 1 N–H and O–H groups in total. The first-order chi connectivity index (χ1) is 13.9. The molecule has 6 nitrogen and oxygen atoms in total. The van der Waals surface area contributed by atoms with E-state index in [1.165, 1.54) is 0 Å². The first-order valence-electron chi connectivity index (χ1n) is 10.8. The molecule has 1 aromatic heterocycles. The van der Waals surface area contributed by atoms with Gasteiger partial charge >= 0.3 is 0 Å². The Bertz CT molecular complexity index is 996. The van der Waals surface area contributed by atoms with Gasteiger partial charge in [0.05, 0.1) is 4.90 Å². The second-order valence-corrected chi connectivity index (χ2v) is 10.6. The van der Waals surface area contributed by atoms with Gasteiger partial charge in [-0.3, -0.25) is 4.79 Å². The van der Waals surface area contributed by atoms with Crippen LogP contribution in [-0.4, -0.2) is 54.7 Å². The van der Waals surface area contributed by atoms with Gasteiger partial charge < -0.3 is 9.88 Å².